The quantitative estimate of drug-likeness (QED) is 0.198. The van der Waals surface area contributed by atoms with Crippen LogP contribution in [0.2, 0.25) is 0 Å². The highest BCUT2D eigenvalue weighted by Gasteiger charge is 2.43. The average Bonchev–Trinajstić information content (AvgIpc) is 3.20. The number of esters is 1. The molecule has 6 heteroatoms. The van der Waals surface area contributed by atoms with Gasteiger partial charge in [0.1, 0.15) is 6.04 Å². The molecule has 0 radical (unpaired) electrons. The predicted molar refractivity (Wildman–Crippen MR) is 138 cm³/mol. The Balaban J connectivity index is 1.32. The minimum absolute atomic E-state index is 0.0745. The Morgan fingerprint density at radius 2 is 1.16 bits per heavy atom. The first-order chi connectivity index (χ1) is 18.0. The van der Waals surface area contributed by atoms with Crippen LogP contribution >= 0.6 is 0 Å². The number of hydrogen-bond donors (Lipinski definition) is 0. The highest BCUT2D eigenvalue weighted by atomic mass is 16.5. The zero-order valence-corrected chi connectivity index (χ0v) is 19.9. The summed E-state index contributed by atoms with van der Waals surface area (Å²) in [5.74, 6) is -2.30. The van der Waals surface area contributed by atoms with E-state index < -0.39 is 30.4 Å². The van der Waals surface area contributed by atoms with Crippen molar-refractivity contribution >= 4 is 23.6 Å². The monoisotopic (exact) mass is 489 g/mol. The van der Waals surface area contributed by atoms with E-state index >= 15 is 0 Å². The fourth-order valence-corrected chi connectivity index (χ4v) is 4.40. The van der Waals surface area contributed by atoms with Crippen LogP contribution in [-0.2, 0) is 16.0 Å². The summed E-state index contributed by atoms with van der Waals surface area (Å²) in [6.07, 6.45) is 0.0745. The number of nitrogens with zero attached hydrogens (tertiary/aromatic N) is 1. The molecule has 0 unspecified atom stereocenters. The van der Waals surface area contributed by atoms with Gasteiger partial charge in [0.25, 0.3) is 11.8 Å². The highest BCUT2D eigenvalue weighted by molar-refractivity contribution is 6.22. The summed E-state index contributed by atoms with van der Waals surface area (Å²) in [5.41, 5.74) is 3.62. The molecule has 6 nitrogen and oxygen atoms in total. The standard InChI is InChI=1S/C31H23NO5/c33-28(24-17-15-23(16-18-24)22-11-5-2-6-12-22)20-37-31(36)27(19-21-9-3-1-4-10-21)32-29(34)25-13-7-8-14-26(25)30(32)35/h1-18,27H,19-20H2/t27-/m0/s1. The van der Waals surface area contributed by atoms with E-state index in [0.29, 0.717) is 5.56 Å². The Bertz CT molecular complexity index is 1430. The molecule has 37 heavy (non-hydrogen) atoms. The van der Waals surface area contributed by atoms with Crippen LogP contribution in [0.5, 0.6) is 0 Å². The third-order valence-corrected chi connectivity index (χ3v) is 6.34. The SMILES string of the molecule is O=C(COC(=O)[C@H](Cc1ccccc1)N1C(=O)c2ccccc2C1=O)c1ccc(-c2ccccc2)cc1. The molecule has 5 rings (SSSR count). The first kappa shape index (κ1) is 23.9. The van der Waals surface area contributed by atoms with E-state index in [0.717, 1.165) is 21.6 Å². The molecule has 0 N–H and O–H groups in total. The van der Waals surface area contributed by atoms with Crippen molar-refractivity contribution in [3.05, 3.63) is 131 Å². The van der Waals surface area contributed by atoms with Crippen molar-refractivity contribution in [2.45, 2.75) is 12.5 Å². The molecular formula is C31H23NO5. The van der Waals surface area contributed by atoms with Gasteiger partial charge in [-0.25, -0.2) is 4.79 Å². The molecule has 1 heterocycles. The van der Waals surface area contributed by atoms with E-state index in [1.165, 1.54) is 0 Å². The van der Waals surface area contributed by atoms with Gasteiger partial charge in [0, 0.05) is 12.0 Å². The summed E-state index contributed by atoms with van der Waals surface area (Å²) in [5, 5.41) is 0. The maximum Gasteiger partial charge on any atom is 0.330 e. The van der Waals surface area contributed by atoms with Crippen LogP contribution in [0.3, 0.4) is 0 Å². The van der Waals surface area contributed by atoms with Crippen molar-refractivity contribution in [2.75, 3.05) is 6.61 Å². The summed E-state index contributed by atoms with van der Waals surface area (Å²) in [4.78, 5) is 53.1. The van der Waals surface area contributed by atoms with Gasteiger partial charge < -0.3 is 4.74 Å². The number of amides is 2. The number of ketones is 1. The summed E-state index contributed by atoms with van der Waals surface area (Å²) in [6.45, 7) is -0.502. The molecule has 2 amide bonds. The van der Waals surface area contributed by atoms with Gasteiger partial charge in [0.2, 0.25) is 0 Å². The Kier molecular flexibility index (Phi) is 6.72. The molecule has 0 saturated carbocycles. The Hall–Kier alpha value is -4.84. The minimum atomic E-state index is -1.21. The molecule has 4 aromatic rings. The van der Waals surface area contributed by atoms with Crippen LogP contribution < -0.4 is 0 Å². The second-order valence-electron chi connectivity index (χ2n) is 8.71. The van der Waals surface area contributed by atoms with Crippen molar-refractivity contribution in [1.82, 2.24) is 4.90 Å². The molecular weight excluding hydrogens is 466 g/mol. The van der Waals surface area contributed by atoms with Gasteiger partial charge in [0.05, 0.1) is 11.1 Å². The van der Waals surface area contributed by atoms with Gasteiger partial charge >= 0.3 is 5.97 Å². The largest absolute Gasteiger partial charge is 0.456 e. The first-order valence-electron chi connectivity index (χ1n) is 11.9. The first-order valence-corrected chi connectivity index (χ1v) is 11.9. The smallest absolute Gasteiger partial charge is 0.330 e. The number of hydrogen-bond acceptors (Lipinski definition) is 5. The molecule has 0 spiro atoms. The molecule has 0 aromatic heterocycles. The van der Waals surface area contributed by atoms with Gasteiger partial charge in [-0.2, -0.15) is 0 Å². The number of fused-ring (bicyclic) bond motifs is 1. The summed E-state index contributed by atoms with van der Waals surface area (Å²) >= 11 is 0. The van der Waals surface area contributed by atoms with Gasteiger partial charge in [-0.1, -0.05) is 97.1 Å². The lowest BCUT2D eigenvalue weighted by atomic mass is 10.0. The maximum absolute atomic E-state index is 13.2. The molecule has 1 atom stereocenters. The van der Waals surface area contributed by atoms with Crippen LogP contribution in [0, 0.1) is 0 Å². The fraction of sp³-hybridized carbons (Fsp3) is 0.0968. The van der Waals surface area contributed by atoms with E-state index in [-0.39, 0.29) is 23.3 Å². The number of ether oxygens (including phenoxy) is 1. The van der Waals surface area contributed by atoms with Crippen molar-refractivity contribution in [3.8, 4) is 11.1 Å². The molecule has 0 fully saturated rings. The summed E-state index contributed by atoms with van der Waals surface area (Å²) in [6, 6.07) is 31.1. The Morgan fingerprint density at radius 1 is 0.649 bits per heavy atom. The third-order valence-electron chi connectivity index (χ3n) is 6.34. The lowest BCUT2D eigenvalue weighted by molar-refractivity contribution is -0.147. The number of benzene rings is 4. The minimum Gasteiger partial charge on any atom is -0.456 e. The van der Waals surface area contributed by atoms with Crippen LogP contribution in [0.1, 0.15) is 36.6 Å². The van der Waals surface area contributed by atoms with E-state index in [2.05, 4.69) is 0 Å². The Morgan fingerprint density at radius 3 is 1.76 bits per heavy atom. The molecule has 4 aromatic carbocycles. The lowest BCUT2D eigenvalue weighted by Gasteiger charge is -2.24. The van der Waals surface area contributed by atoms with Crippen LogP contribution in [0.25, 0.3) is 11.1 Å². The lowest BCUT2D eigenvalue weighted by Crippen LogP contribution is -2.47. The van der Waals surface area contributed by atoms with Gasteiger partial charge in [0.15, 0.2) is 12.4 Å². The second-order valence-corrected chi connectivity index (χ2v) is 8.71. The fourth-order valence-electron chi connectivity index (χ4n) is 4.40. The zero-order chi connectivity index (χ0) is 25.8. The zero-order valence-electron chi connectivity index (χ0n) is 19.9. The van der Waals surface area contributed by atoms with Crippen molar-refractivity contribution in [2.24, 2.45) is 0 Å². The van der Waals surface area contributed by atoms with Crippen LogP contribution in [0.15, 0.2) is 109 Å². The van der Waals surface area contributed by atoms with Gasteiger partial charge in [-0.05, 0) is 28.8 Å². The third kappa shape index (κ3) is 4.95. The van der Waals surface area contributed by atoms with Crippen molar-refractivity contribution < 1.29 is 23.9 Å². The van der Waals surface area contributed by atoms with Crippen LogP contribution in [-0.4, -0.2) is 41.1 Å². The molecule has 0 saturated heterocycles. The number of imide groups is 1. The normalized spacial score (nSPS) is 13.2. The van der Waals surface area contributed by atoms with Gasteiger partial charge in [-0.15, -0.1) is 0 Å². The molecule has 1 aliphatic rings. The molecule has 0 bridgehead atoms. The van der Waals surface area contributed by atoms with E-state index in [4.69, 9.17) is 4.74 Å². The average molecular weight is 490 g/mol. The molecule has 182 valence electrons. The highest BCUT2D eigenvalue weighted by Crippen LogP contribution is 2.27. The Labute approximate surface area is 214 Å². The summed E-state index contributed by atoms with van der Waals surface area (Å²) < 4.78 is 5.38. The van der Waals surface area contributed by atoms with E-state index in [9.17, 15) is 19.2 Å². The number of rotatable bonds is 8. The van der Waals surface area contributed by atoms with Crippen LogP contribution in [0.4, 0.5) is 0 Å². The molecule has 0 aliphatic carbocycles. The second kappa shape index (κ2) is 10.4. The van der Waals surface area contributed by atoms with Gasteiger partial charge in [-0.3, -0.25) is 19.3 Å². The topological polar surface area (TPSA) is 80.8 Å². The maximum atomic E-state index is 13.2. The molecule has 1 aliphatic heterocycles. The predicted octanol–water partition coefficient (Wildman–Crippen LogP) is 4.99. The number of carbonyl (C=O) groups is 4. The summed E-state index contributed by atoms with van der Waals surface area (Å²) in [7, 11) is 0. The van der Waals surface area contributed by atoms with Crippen molar-refractivity contribution in [3.63, 3.8) is 0 Å². The number of Topliss-reactive ketones (excluding diaryl/α,β-unsaturated/α-hetero) is 1. The van der Waals surface area contributed by atoms with E-state index in [1.54, 1.807) is 48.5 Å². The van der Waals surface area contributed by atoms with E-state index in [1.807, 2.05) is 60.7 Å². The number of carbonyl (C=O) groups excluding carboxylic acids is 4. The van der Waals surface area contributed by atoms with Crippen molar-refractivity contribution in [1.29, 1.82) is 0 Å².